The second kappa shape index (κ2) is 23.3. The van der Waals surface area contributed by atoms with Crippen LogP contribution in [0, 0.1) is 11.8 Å². The monoisotopic (exact) mass is 572 g/mol. The van der Waals surface area contributed by atoms with E-state index in [0.29, 0.717) is 145 Å². The molecule has 12 heteroatoms. The van der Waals surface area contributed by atoms with Crippen molar-refractivity contribution in [1.29, 1.82) is 0 Å². The predicted octanol–water partition coefficient (Wildman–Crippen LogP) is 0.987. The lowest BCUT2D eigenvalue weighted by molar-refractivity contribution is -0.0331. The quantitative estimate of drug-likeness (QED) is 0.512. The fourth-order valence-electron chi connectivity index (χ4n) is 4.07. The van der Waals surface area contributed by atoms with Crippen LogP contribution in [0.3, 0.4) is 0 Å². The van der Waals surface area contributed by atoms with Crippen LogP contribution in [0.4, 0.5) is 0 Å². The first kappa shape index (κ1) is 33.2. The molecule has 2 fully saturated rings. The lowest BCUT2D eigenvalue weighted by atomic mass is 10.0. The summed E-state index contributed by atoms with van der Waals surface area (Å²) in [5.41, 5.74) is 1.81. The van der Waals surface area contributed by atoms with E-state index >= 15 is 0 Å². The molecule has 12 nitrogen and oxygen atoms in total. The summed E-state index contributed by atoms with van der Waals surface area (Å²) in [6, 6.07) is 0. The number of nitrogens with zero attached hydrogens (tertiary/aromatic N) is 2. The van der Waals surface area contributed by atoms with Gasteiger partial charge in [-0.05, 0) is 12.8 Å². The van der Waals surface area contributed by atoms with E-state index in [1.54, 1.807) is 0 Å². The van der Waals surface area contributed by atoms with Gasteiger partial charge in [0.2, 0.25) is 0 Å². The maximum Gasteiger partial charge on any atom is 0.0701 e. The van der Waals surface area contributed by atoms with E-state index < -0.39 is 0 Å². The van der Waals surface area contributed by atoms with Crippen molar-refractivity contribution in [2.45, 2.75) is 12.8 Å². The first-order valence-corrected chi connectivity index (χ1v) is 14.5. The van der Waals surface area contributed by atoms with Crippen LogP contribution in [0.15, 0.2) is 12.4 Å². The Balaban J connectivity index is 1.45. The zero-order valence-corrected chi connectivity index (χ0v) is 23.8. The first-order valence-electron chi connectivity index (χ1n) is 14.5. The van der Waals surface area contributed by atoms with Crippen molar-refractivity contribution in [1.82, 2.24) is 9.97 Å². The Labute approximate surface area is 238 Å². The number of rotatable bonds is 4. The standard InChI is InChI=1S/C28H48N2O10/c1-5-33-9-13-37-21-25(22-38-14-10-34-6-2-31-1)17-27-19-30-28(20-29-27)18-26-23-39-15-11-35-7-3-32-4-8-36-12-16-40-24-26/h19-20,25-26H,1-18,21-24H2. The molecule has 1 aromatic heterocycles. The van der Waals surface area contributed by atoms with Crippen molar-refractivity contribution in [2.24, 2.45) is 11.8 Å². The third-order valence-electron chi connectivity index (χ3n) is 6.14. The molecule has 3 rings (SSSR count). The molecule has 0 bridgehead atoms. The molecule has 1 aromatic rings. The predicted molar refractivity (Wildman–Crippen MR) is 145 cm³/mol. The third kappa shape index (κ3) is 16.8. The van der Waals surface area contributed by atoms with Crippen LogP contribution < -0.4 is 0 Å². The van der Waals surface area contributed by atoms with Gasteiger partial charge < -0.3 is 47.4 Å². The summed E-state index contributed by atoms with van der Waals surface area (Å²) < 4.78 is 56.5. The Morgan fingerprint density at radius 2 is 0.600 bits per heavy atom. The van der Waals surface area contributed by atoms with Crippen molar-refractivity contribution >= 4 is 0 Å². The van der Waals surface area contributed by atoms with Gasteiger partial charge in [0.25, 0.3) is 0 Å². The van der Waals surface area contributed by atoms with E-state index in [0.717, 1.165) is 11.4 Å². The zero-order chi connectivity index (χ0) is 27.8. The van der Waals surface area contributed by atoms with Crippen molar-refractivity contribution in [3.05, 3.63) is 23.8 Å². The highest BCUT2D eigenvalue weighted by atomic mass is 16.6. The van der Waals surface area contributed by atoms with Crippen molar-refractivity contribution < 1.29 is 47.4 Å². The molecule has 0 aliphatic carbocycles. The highest BCUT2D eigenvalue weighted by molar-refractivity contribution is 5.04. The van der Waals surface area contributed by atoms with Gasteiger partial charge in [-0.15, -0.1) is 0 Å². The number of hydrogen-bond donors (Lipinski definition) is 0. The number of ether oxygens (including phenoxy) is 10. The number of hydrogen-bond acceptors (Lipinski definition) is 12. The Kier molecular flexibility index (Phi) is 19.3. The average molecular weight is 573 g/mol. The summed E-state index contributed by atoms with van der Waals surface area (Å²) in [7, 11) is 0. The largest absolute Gasteiger partial charge is 0.379 e. The van der Waals surface area contributed by atoms with Crippen molar-refractivity contribution in [3.63, 3.8) is 0 Å². The Morgan fingerprint density at radius 3 is 0.825 bits per heavy atom. The number of aromatic nitrogens is 2. The van der Waals surface area contributed by atoms with Gasteiger partial charge in [-0.2, -0.15) is 0 Å². The van der Waals surface area contributed by atoms with Gasteiger partial charge in [0.15, 0.2) is 0 Å². The van der Waals surface area contributed by atoms with Crippen LogP contribution in [-0.2, 0) is 60.2 Å². The molecule has 2 saturated heterocycles. The van der Waals surface area contributed by atoms with Crippen LogP contribution in [0.5, 0.6) is 0 Å². The molecule has 3 heterocycles. The normalized spacial score (nSPS) is 23.0. The van der Waals surface area contributed by atoms with Gasteiger partial charge in [0.05, 0.1) is 144 Å². The van der Waals surface area contributed by atoms with Crippen LogP contribution in [0.1, 0.15) is 11.4 Å². The van der Waals surface area contributed by atoms with E-state index in [1.165, 1.54) is 0 Å². The van der Waals surface area contributed by atoms with Gasteiger partial charge in [-0.1, -0.05) is 0 Å². The fourth-order valence-corrected chi connectivity index (χ4v) is 4.07. The molecule has 0 amide bonds. The van der Waals surface area contributed by atoms with E-state index in [9.17, 15) is 0 Å². The summed E-state index contributed by atoms with van der Waals surface area (Å²) in [4.78, 5) is 9.39. The molecule has 0 aromatic carbocycles. The highest BCUT2D eigenvalue weighted by Crippen LogP contribution is 2.12. The molecule has 0 atom stereocenters. The van der Waals surface area contributed by atoms with E-state index in [2.05, 4.69) is 0 Å². The van der Waals surface area contributed by atoms with Crippen LogP contribution in [0.25, 0.3) is 0 Å². The maximum absolute atomic E-state index is 5.85. The van der Waals surface area contributed by atoms with Gasteiger partial charge in [-0.3, -0.25) is 9.97 Å². The van der Waals surface area contributed by atoms with Crippen molar-refractivity contribution in [3.8, 4) is 0 Å². The third-order valence-corrected chi connectivity index (χ3v) is 6.14. The zero-order valence-electron chi connectivity index (χ0n) is 23.8. The van der Waals surface area contributed by atoms with Crippen molar-refractivity contribution in [2.75, 3.05) is 132 Å². The lowest BCUT2D eigenvalue weighted by Crippen LogP contribution is -2.23. The van der Waals surface area contributed by atoms with Gasteiger partial charge in [0, 0.05) is 24.2 Å². The van der Waals surface area contributed by atoms with Crippen LogP contribution in [0.2, 0.25) is 0 Å². The van der Waals surface area contributed by atoms with Gasteiger partial charge in [0.1, 0.15) is 0 Å². The molecule has 0 saturated carbocycles. The highest BCUT2D eigenvalue weighted by Gasteiger charge is 2.15. The molecule has 2 aliphatic rings. The lowest BCUT2D eigenvalue weighted by Gasteiger charge is -2.19. The molecule has 0 unspecified atom stereocenters. The molecule has 0 spiro atoms. The van der Waals surface area contributed by atoms with E-state index in [-0.39, 0.29) is 11.8 Å². The minimum atomic E-state index is 0.155. The van der Waals surface area contributed by atoms with Gasteiger partial charge in [-0.25, -0.2) is 0 Å². The first-order chi connectivity index (χ1) is 19.9. The summed E-state index contributed by atoms with van der Waals surface area (Å²) in [6.07, 6.45) is 5.12. The van der Waals surface area contributed by atoms with Crippen LogP contribution in [-0.4, -0.2) is 142 Å². The smallest absolute Gasteiger partial charge is 0.0701 e. The molecule has 40 heavy (non-hydrogen) atoms. The Morgan fingerprint density at radius 1 is 0.375 bits per heavy atom. The summed E-state index contributed by atoms with van der Waals surface area (Å²) in [6.45, 7) is 10.9. The van der Waals surface area contributed by atoms with E-state index in [4.69, 9.17) is 57.3 Å². The van der Waals surface area contributed by atoms with E-state index in [1.807, 2.05) is 12.4 Å². The second-order valence-corrected chi connectivity index (χ2v) is 9.61. The Hall–Kier alpha value is -1.32. The second-order valence-electron chi connectivity index (χ2n) is 9.61. The average Bonchev–Trinajstić information content (AvgIpc) is 2.96. The molecular formula is C28H48N2O10. The Bertz CT molecular complexity index is 624. The molecular weight excluding hydrogens is 524 g/mol. The minimum Gasteiger partial charge on any atom is -0.379 e. The minimum absolute atomic E-state index is 0.155. The summed E-state index contributed by atoms with van der Waals surface area (Å²) >= 11 is 0. The van der Waals surface area contributed by atoms with Gasteiger partial charge >= 0.3 is 0 Å². The summed E-state index contributed by atoms with van der Waals surface area (Å²) in [5, 5.41) is 0. The molecule has 230 valence electrons. The maximum atomic E-state index is 5.85. The molecule has 0 N–H and O–H groups in total. The molecule has 0 radical (unpaired) electrons. The molecule has 2 aliphatic heterocycles. The SMILES string of the molecule is c1nc(CC2COCCOCCOCCOCCOC2)cnc1CC1COCCOCCOCCOCCOC1. The fraction of sp³-hybridized carbons (Fsp3) is 0.857. The van der Waals surface area contributed by atoms with Crippen LogP contribution >= 0.6 is 0 Å². The summed E-state index contributed by atoms with van der Waals surface area (Å²) in [5.74, 6) is 0.310. The topological polar surface area (TPSA) is 118 Å².